The van der Waals surface area contributed by atoms with Crippen LogP contribution in [0, 0.1) is 0 Å². The summed E-state index contributed by atoms with van der Waals surface area (Å²) in [5.41, 5.74) is 1.12. The van der Waals surface area contributed by atoms with Crippen LogP contribution in [0.15, 0.2) is 30.3 Å². The second kappa shape index (κ2) is 4.24. The molecule has 0 unspecified atom stereocenters. The van der Waals surface area contributed by atoms with Gasteiger partial charge in [0.2, 0.25) is 0 Å². The van der Waals surface area contributed by atoms with E-state index in [0.29, 0.717) is 0 Å². The van der Waals surface area contributed by atoms with Crippen LogP contribution in [0.5, 0.6) is 0 Å². The first kappa shape index (κ1) is 9.23. The molecule has 1 aromatic rings. The molecule has 0 radical (unpaired) electrons. The van der Waals surface area contributed by atoms with Crippen LogP contribution < -0.4 is 5.32 Å². The van der Waals surface area contributed by atoms with Crippen LogP contribution >= 0.6 is 0 Å². The van der Waals surface area contributed by atoms with Crippen molar-refractivity contribution < 1.29 is 5.11 Å². The van der Waals surface area contributed by atoms with Crippen molar-refractivity contribution in [3.63, 3.8) is 0 Å². The van der Waals surface area contributed by atoms with E-state index < -0.39 is 0 Å². The Balaban J connectivity index is 2.80. The predicted octanol–water partition coefficient (Wildman–Crippen LogP) is 1.33. The minimum Gasteiger partial charge on any atom is -0.391 e. The van der Waals surface area contributed by atoms with Crippen molar-refractivity contribution in [1.29, 1.82) is 0 Å². The maximum atomic E-state index is 9.40. The number of rotatable bonds is 3. The first-order valence-electron chi connectivity index (χ1n) is 4.16. The van der Waals surface area contributed by atoms with Crippen LogP contribution in [-0.2, 0) is 0 Å². The van der Waals surface area contributed by atoms with Crippen LogP contribution in [0.3, 0.4) is 0 Å². The zero-order valence-corrected chi connectivity index (χ0v) is 7.49. The number of benzene rings is 1. The highest BCUT2D eigenvalue weighted by Gasteiger charge is 2.13. The first-order valence-corrected chi connectivity index (χ1v) is 4.16. The van der Waals surface area contributed by atoms with Crippen LogP contribution in [0.2, 0.25) is 0 Å². The molecule has 2 nitrogen and oxygen atoms in total. The maximum Gasteiger partial charge on any atom is 0.0706 e. The van der Waals surface area contributed by atoms with Crippen molar-refractivity contribution in [2.45, 2.75) is 19.1 Å². The largest absolute Gasteiger partial charge is 0.391 e. The Labute approximate surface area is 73.2 Å². The normalized spacial score (nSPS) is 15.6. The van der Waals surface area contributed by atoms with Gasteiger partial charge in [-0.1, -0.05) is 30.3 Å². The van der Waals surface area contributed by atoms with Crippen LogP contribution in [0.1, 0.15) is 18.5 Å². The van der Waals surface area contributed by atoms with Gasteiger partial charge in [-0.25, -0.2) is 0 Å². The molecule has 0 aliphatic rings. The average Bonchev–Trinajstić information content (AvgIpc) is 2.07. The minimum absolute atomic E-state index is 0.0335. The predicted molar refractivity (Wildman–Crippen MR) is 49.9 cm³/mol. The molecular weight excluding hydrogens is 150 g/mol. The second-order valence-electron chi connectivity index (χ2n) is 2.92. The fraction of sp³-hybridized carbons (Fsp3) is 0.400. The lowest BCUT2D eigenvalue weighted by Crippen LogP contribution is -2.26. The van der Waals surface area contributed by atoms with Gasteiger partial charge in [-0.05, 0) is 19.5 Å². The standard InChI is InChI=1S/C10H15NO/c1-8(12)10(11-2)9-6-4-3-5-7-9/h3-8,10-12H,1-2H3/t8-,10+/m0/s1. The highest BCUT2D eigenvalue weighted by Crippen LogP contribution is 2.15. The molecular formula is C10H15NO. The van der Waals surface area contributed by atoms with E-state index in [1.807, 2.05) is 37.4 Å². The first-order chi connectivity index (χ1) is 5.75. The highest BCUT2D eigenvalue weighted by molar-refractivity contribution is 5.19. The second-order valence-corrected chi connectivity index (χ2v) is 2.92. The summed E-state index contributed by atoms with van der Waals surface area (Å²) in [6, 6.07) is 9.97. The fourth-order valence-electron chi connectivity index (χ4n) is 1.35. The highest BCUT2D eigenvalue weighted by atomic mass is 16.3. The smallest absolute Gasteiger partial charge is 0.0706 e. The quantitative estimate of drug-likeness (QED) is 0.708. The summed E-state index contributed by atoms with van der Waals surface area (Å²) >= 11 is 0. The molecule has 1 rings (SSSR count). The van der Waals surface area contributed by atoms with E-state index in [1.165, 1.54) is 0 Å². The van der Waals surface area contributed by atoms with E-state index in [1.54, 1.807) is 6.92 Å². The Hall–Kier alpha value is -0.860. The van der Waals surface area contributed by atoms with Crippen molar-refractivity contribution in [2.75, 3.05) is 7.05 Å². The van der Waals surface area contributed by atoms with Gasteiger partial charge in [-0.3, -0.25) is 0 Å². The van der Waals surface area contributed by atoms with Gasteiger partial charge in [0, 0.05) is 0 Å². The van der Waals surface area contributed by atoms with E-state index in [-0.39, 0.29) is 12.1 Å². The lowest BCUT2D eigenvalue weighted by Gasteiger charge is -2.19. The van der Waals surface area contributed by atoms with Crippen LogP contribution in [-0.4, -0.2) is 18.3 Å². The SMILES string of the molecule is CN[C@@H](c1ccccc1)[C@H](C)O. The topological polar surface area (TPSA) is 32.3 Å². The number of aliphatic hydroxyl groups is 1. The number of aliphatic hydroxyl groups excluding tert-OH is 1. The van der Waals surface area contributed by atoms with Crippen LogP contribution in [0.25, 0.3) is 0 Å². The van der Waals surface area contributed by atoms with Gasteiger partial charge < -0.3 is 10.4 Å². The monoisotopic (exact) mass is 165 g/mol. The Morgan fingerprint density at radius 2 is 1.83 bits per heavy atom. The molecule has 0 heterocycles. The van der Waals surface area contributed by atoms with E-state index >= 15 is 0 Å². The zero-order valence-electron chi connectivity index (χ0n) is 7.49. The number of hydrogen-bond acceptors (Lipinski definition) is 2. The molecule has 0 aromatic heterocycles. The lowest BCUT2D eigenvalue weighted by molar-refractivity contribution is 0.150. The molecule has 2 atom stereocenters. The average molecular weight is 165 g/mol. The summed E-state index contributed by atoms with van der Waals surface area (Å²) < 4.78 is 0. The summed E-state index contributed by atoms with van der Waals surface area (Å²) in [5.74, 6) is 0. The lowest BCUT2D eigenvalue weighted by atomic mass is 10.0. The number of hydrogen-bond donors (Lipinski definition) is 2. The third kappa shape index (κ3) is 2.06. The third-order valence-electron chi connectivity index (χ3n) is 1.95. The van der Waals surface area contributed by atoms with Crippen molar-refractivity contribution in [2.24, 2.45) is 0 Å². The summed E-state index contributed by atoms with van der Waals surface area (Å²) in [6.07, 6.45) is -0.364. The molecule has 2 N–H and O–H groups in total. The van der Waals surface area contributed by atoms with Gasteiger partial charge in [0.1, 0.15) is 0 Å². The summed E-state index contributed by atoms with van der Waals surface area (Å²) in [6.45, 7) is 1.79. The Bertz CT molecular complexity index is 221. The summed E-state index contributed by atoms with van der Waals surface area (Å²) in [7, 11) is 1.85. The molecule has 0 saturated heterocycles. The van der Waals surface area contributed by atoms with Crippen LogP contribution in [0.4, 0.5) is 0 Å². The molecule has 0 spiro atoms. The van der Waals surface area contributed by atoms with Crippen molar-refractivity contribution in [1.82, 2.24) is 5.32 Å². The molecule has 2 heteroatoms. The third-order valence-corrected chi connectivity index (χ3v) is 1.95. The van der Waals surface area contributed by atoms with Gasteiger partial charge in [0.25, 0.3) is 0 Å². The molecule has 0 bridgehead atoms. The van der Waals surface area contributed by atoms with E-state index in [9.17, 15) is 5.11 Å². The number of likely N-dealkylation sites (N-methyl/N-ethyl adjacent to an activating group) is 1. The Kier molecular flexibility index (Phi) is 3.26. The molecule has 66 valence electrons. The maximum absolute atomic E-state index is 9.40. The Morgan fingerprint density at radius 3 is 2.25 bits per heavy atom. The zero-order chi connectivity index (χ0) is 8.97. The van der Waals surface area contributed by atoms with Gasteiger partial charge in [0.05, 0.1) is 12.1 Å². The summed E-state index contributed by atoms with van der Waals surface area (Å²) in [5, 5.41) is 12.5. The molecule has 0 fully saturated rings. The molecule has 12 heavy (non-hydrogen) atoms. The van der Waals surface area contributed by atoms with Gasteiger partial charge in [-0.15, -0.1) is 0 Å². The molecule has 0 aliphatic heterocycles. The summed E-state index contributed by atoms with van der Waals surface area (Å²) in [4.78, 5) is 0. The minimum atomic E-state index is -0.364. The molecule has 0 amide bonds. The van der Waals surface area contributed by atoms with Crippen molar-refractivity contribution in [3.8, 4) is 0 Å². The van der Waals surface area contributed by atoms with Gasteiger partial charge >= 0.3 is 0 Å². The number of nitrogens with one attached hydrogen (secondary N) is 1. The molecule has 0 saturated carbocycles. The van der Waals surface area contributed by atoms with E-state index in [2.05, 4.69) is 5.32 Å². The molecule has 0 aliphatic carbocycles. The van der Waals surface area contributed by atoms with Crippen molar-refractivity contribution >= 4 is 0 Å². The van der Waals surface area contributed by atoms with Crippen molar-refractivity contribution in [3.05, 3.63) is 35.9 Å². The van der Waals surface area contributed by atoms with E-state index in [4.69, 9.17) is 0 Å². The molecule has 1 aromatic carbocycles. The fourth-order valence-corrected chi connectivity index (χ4v) is 1.35. The Morgan fingerprint density at radius 1 is 1.25 bits per heavy atom. The van der Waals surface area contributed by atoms with Gasteiger partial charge in [-0.2, -0.15) is 0 Å². The van der Waals surface area contributed by atoms with Gasteiger partial charge in [0.15, 0.2) is 0 Å². The van der Waals surface area contributed by atoms with E-state index in [0.717, 1.165) is 5.56 Å².